The van der Waals surface area contributed by atoms with E-state index in [1.54, 1.807) is 6.07 Å². The van der Waals surface area contributed by atoms with Crippen LogP contribution in [0, 0.1) is 5.41 Å². The zero-order valence-electron chi connectivity index (χ0n) is 11.9. The molecule has 0 radical (unpaired) electrons. The third kappa shape index (κ3) is 3.93. The van der Waals surface area contributed by atoms with Crippen molar-refractivity contribution in [3.63, 3.8) is 0 Å². The first kappa shape index (κ1) is 15.3. The molecular weight excluding hydrogens is 276 g/mol. The van der Waals surface area contributed by atoms with E-state index in [2.05, 4.69) is 24.1 Å². The number of halogens is 1. The minimum Gasteiger partial charge on any atom is -0.388 e. The van der Waals surface area contributed by atoms with Gasteiger partial charge in [-0.1, -0.05) is 25.4 Å². The molecule has 0 unspecified atom stereocenters. The van der Waals surface area contributed by atoms with Crippen LogP contribution in [0.3, 0.4) is 0 Å². The Morgan fingerprint density at radius 1 is 1.40 bits per heavy atom. The Morgan fingerprint density at radius 3 is 2.65 bits per heavy atom. The van der Waals surface area contributed by atoms with Gasteiger partial charge in [-0.3, -0.25) is 4.79 Å². The third-order valence-electron chi connectivity index (χ3n) is 4.10. The molecule has 4 nitrogen and oxygen atoms in total. The summed E-state index contributed by atoms with van der Waals surface area (Å²) < 4.78 is 0. The number of nitrogens with one attached hydrogen (secondary N) is 1. The molecule has 110 valence electrons. The zero-order valence-corrected chi connectivity index (χ0v) is 12.7. The Balaban J connectivity index is 1.90. The molecule has 0 bridgehead atoms. The zero-order chi connectivity index (χ0) is 14.8. The normalized spacial score (nSPS) is 20.4. The lowest BCUT2D eigenvalue weighted by Gasteiger charge is -2.40. The number of amides is 1. The second kappa shape index (κ2) is 5.70. The first-order chi connectivity index (χ1) is 9.30. The molecule has 0 aromatic carbocycles. The Labute approximate surface area is 124 Å². The summed E-state index contributed by atoms with van der Waals surface area (Å²) in [5.74, 6) is -0.229. The summed E-state index contributed by atoms with van der Waals surface area (Å²) in [6.45, 7) is 4.70. The Hall–Kier alpha value is -1.13. The van der Waals surface area contributed by atoms with Crippen LogP contribution in [0.4, 0.5) is 0 Å². The van der Waals surface area contributed by atoms with Gasteiger partial charge >= 0.3 is 0 Å². The molecule has 1 aliphatic rings. The van der Waals surface area contributed by atoms with Gasteiger partial charge in [-0.2, -0.15) is 0 Å². The minimum atomic E-state index is -0.790. The summed E-state index contributed by atoms with van der Waals surface area (Å²) in [5, 5.41) is 13.6. The van der Waals surface area contributed by atoms with Crippen LogP contribution in [0.5, 0.6) is 0 Å². The van der Waals surface area contributed by atoms with Crippen LogP contribution >= 0.6 is 11.6 Å². The molecule has 1 aromatic heterocycles. The van der Waals surface area contributed by atoms with Crippen molar-refractivity contribution in [3.8, 4) is 0 Å². The highest BCUT2D eigenvalue weighted by Gasteiger charge is 2.36. The summed E-state index contributed by atoms with van der Waals surface area (Å²) >= 11 is 5.76. The van der Waals surface area contributed by atoms with Gasteiger partial charge in [-0.15, -0.1) is 0 Å². The smallest absolute Gasteiger partial charge is 0.251 e. The number of hydrogen-bond acceptors (Lipinski definition) is 3. The maximum atomic E-state index is 12.0. The van der Waals surface area contributed by atoms with Crippen molar-refractivity contribution < 1.29 is 9.90 Å². The number of aromatic nitrogens is 1. The van der Waals surface area contributed by atoms with E-state index in [0.29, 0.717) is 5.56 Å². The van der Waals surface area contributed by atoms with Crippen molar-refractivity contribution >= 4 is 17.5 Å². The molecule has 1 fully saturated rings. The van der Waals surface area contributed by atoms with Crippen LogP contribution in [-0.4, -0.2) is 28.1 Å². The molecule has 1 aliphatic carbocycles. The SMILES string of the molecule is CC1(C)CCC(O)(CNC(=O)c2ccnc(Cl)c2)CC1. The summed E-state index contributed by atoms with van der Waals surface area (Å²) in [6.07, 6.45) is 4.88. The summed E-state index contributed by atoms with van der Waals surface area (Å²) in [4.78, 5) is 15.8. The van der Waals surface area contributed by atoms with Crippen LogP contribution in [0.15, 0.2) is 18.3 Å². The van der Waals surface area contributed by atoms with Gasteiger partial charge in [0.15, 0.2) is 0 Å². The molecule has 1 aromatic rings. The van der Waals surface area contributed by atoms with E-state index in [0.717, 1.165) is 25.7 Å². The van der Waals surface area contributed by atoms with Crippen molar-refractivity contribution in [2.75, 3.05) is 6.54 Å². The fourth-order valence-electron chi connectivity index (χ4n) is 2.46. The predicted octanol–water partition coefficient (Wildman–Crippen LogP) is 2.80. The van der Waals surface area contributed by atoms with E-state index in [1.807, 2.05) is 0 Å². The summed E-state index contributed by atoms with van der Waals surface area (Å²) in [6, 6.07) is 3.13. The number of pyridine rings is 1. The highest BCUT2D eigenvalue weighted by Crippen LogP contribution is 2.39. The fraction of sp³-hybridized carbons (Fsp3) is 0.600. The molecule has 2 N–H and O–H groups in total. The average molecular weight is 297 g/mol. The lowest BCUT2D eigenvalue weighted by atomic mass is 9.71. The highest BCUT2D eigenvalue weighted by molar-refractivity contribution is 6.29. The molecule has 1 heterocycles. The van der Waals surface area contributed by atoms with Crippen LogP contribution in [-0.2, 0) is 0 Å². The number of nitrogens with zero attached hydrogens (tertiary/aromatic N) is 1. The second-order valence-electron chi connectivity index (χ2n) is 6.44. The molecule has 1 amide bonds. The Bertz CT molecular complexity index is 492. The lowest BCUT2D eigenvalue weighted by molar-refractivity contribution is -0.0233. The molecular formula is C15H21ClN2O2. The van der Waals surface area contributed by atoms with Crippen LogP contribution < -0.4 is 5.32 Å². The van der Waals surface area contributed by atoms with E-state index in [1.165, 1.54) is 12.3 Å². The molecule has 20 heavy (non-hydrogen) atoms. The van der Waals surface area contributed by atoms with Crippen molar-refractivity contribution in [3.05, 3.63) is 29.0 Å². The summed E-state index contributed by atoms with van der Waals surface area (Å²) in [5.41, 5.74) is -0.0404. The van der Waals surface area contributed by atoms with Crippen LogP contribution in [0.2, 0.25) is 5.15 Å². The molecule has 2 rings (SSSR count). The molecule has 0 spiro atoms. The van der Waals surface area contributed by atoms with E-state index < -0.39 is 5.60 Å². The van der Waals surface area contributed by atoms with Crippen LogP contribution in [0.1, 0.15) is 49.9 Å². The minimum absolute atomic E-state index is 0.229. The number of hydrogen-bond donors (Lipinski definition) is 2. The lowest BCUT2D eigenvalue weighted by Crippen LogP contribution is -2.46. The van der Waals surface area contributed by atoms with Crippen molar-refractivity contribution in [2.24, 2.45) is 5.41 Å². The monoisotopic (exact) mass is 296 g/mol. The predicted molar refractivity (Wildman–Crippen MR) is 78.8 cm³/mol. The molecule has 5 heteroatoms. The van der Waals surface area contributed by atoms with E-state index >= 15 is 0 Å². The highest BCUT2D eigenvalue weighted by atomic mass is 35.5. The molecule has 0 atom stereocenters. The van der Waals surface area contributed by atoms with Crippen molar-refractivity contribution in [1.29, 1.82) is 0 Å². The van der Waals surface area contributed by atoms with Gasteiger partial charge in [0.05, 0.1) is 5.60 Å². The van der Waals surface area contributed by atoms with Gasteiger partial charge in [-0.05, 0) is 43.2 Å². The van der Waals surface area contributed by atoms with Gasteiger partial charge in [-0.25, -0.2) is 4.98 Å². The van der Waals surface area contributed by atoms with Gasteiger partial charge in [0.25, 0.3) is 5.91 Å². The maximum absolute atomic E-state index is 12.0. The van der Waals surface area contributed by atoms with Gasteiger partial charge in [0, 0.05) is 18.3 Å². The first-order valence-corrected chi connectivity index (χ1v) is 7.30. The second-order valence-corrected chi connectivity index (χ2v) is 6.83. The van der Waals surface area contributed by atoms with Gasteiger partial charge < -0.3 is 10.4 Å². The number of aliphatic hydroxyl groups is 1. The summed E-state index contributed by atoms with van der Waals surface area (Å²) in [7, 11) is 0. The molecule has 0 aliphatic heterocycles. The van der Waals surface area contributed by atoms with Crippen molar-refractivity contribution in [2.45, 2.75) is 45.1 Å². The number of carbonyl (C=O) groups is 1. The van der Waals surface area contributed by atoms with E-state index in [4.69, 9.17) is 11.6 Å². The Kier molecular flexibility index (Phi) is 4.35. The molecule has 0 saturated heterocycles. The van der Waals surface area contributed by atoms with Crippen molar-refractivity contribution in [1.82, 2.24) is 10.3 Å². The van der Waals surface area contributed by atoms with E-state index in [-0.39, 0.29) is 23.0 Å². The number of carbonyl (C=O) groups excluding carboxylic acids is 1. The van der Waals surface area contributed by atoms with Gasteiger partial charge in [0.1, 0.15) is 5.15 Å². The quantitative estimate of drug-likeness (QED) is 0.843. The van der Waals surface area contributed by atoms with E-state index in [9.17, 15) is 9.90 Å². The maximum Gasteiger partial charge on any atom is 0.251 e. The third-order valence-corrected chi connectivity index (χ3v) is 4.31. The molecule has 1 saturated carbocycles. The van der Waals surface area contributed by atoms with Gasteiger partial charge in [0.2, 0.25) is 0 Å². The average Bonchev–Trinajstić information content (AvgIpc) is 2.40. The fourth-order valence-corrected chi connectivity index (χ4v) is 2.63. The largest absolute Gasteiger partial charge is 0.388 e. The number of rotatable bonds is 3. The topological polar surface area (TPSA) is 62.2 Å². The standard InChI is InChI=1S/C15H21ClN2O2/c1-14(2)4-6-15(20,7-5-14)10-18-13(19)11-3-8-17-12(16)9-11/h3,8-9,20H,4-7,10H2,1-2H3,(H,18,19). The van der Waals surface area contributed by atoms with Crippen LogP contribution in [0.25, 0.3) is 0 Å². The Morgan fingerprint density at radius 2 is 2.05 bits per heavy atom. The first-order valence-electron chi connectivity index (χ1n) is 6.92.